The number of ether oxygens (including phenoxy) is 1. The molecule has 1 fully saturated rings. The molecular formula is C18H26N2O3. The largest absolute Gasteiger partial charge is 0.372 e. The first-order valence-electron chi connectivity index (χ1n) is 8.03. The summed E-state index contributed by atoms with van der Waals surface area (Å²) in [5.74, 6) is -0.102. The van der Waals surface area contributed by atoms with E-state index in [0.717, 1.165) is 0 Å². The average Bonchev–Trinajstić information content (AvgIpc) is 2.44. The number of rotatable bonds is 2. The number of nitrogens with one attached hydrogen (secondary N) is 1. The van der Waals surface area contributed by atoms with Gasteiger partial charge in [-0.25, -0.2) is 0 Å². The molecule has 0 aliphatic carbocycles. The lowest BCUT2D eigenvalue weighted by Crippen LogP contribution is -2.48. The molecule has 1 aromatic rings. The van der Waals surface area contributed by atoms with E-state index >= 15 is 0 Å². The van der Waals surface area contributed by atoms with Gasteiger partial charge in [0, 0.05) is 29.8 Å². The fourth-order valence-electron chi connectivity index (χ4n) is 2.57. The standard InChI is InChI=1S/C18H26N2O3/c1-12-10-20(11-13(2)23-12)16(21)14-7-6-8-15(9-14)19-17(22)18(3,4)5/h6-9,12-13H,10-11H2,1-5H3,(H,19,22)/t12-,13-/m1/s1. The van der Waals surface area contributed by atoms with Crippen molar-refractivity contribution in [2.45, 2.75) is 46.8 Å². The van der Waals surface area contributed by atoms with Crippen LogP contribution in [0.2, 0.25) is 0 Å². The first kappa shape index (κ1) is 17.5. The summed E-state index contributed by atoms with van der Waals surface area (Å²) >= 11 is 0. The van der Waals surface area contributed by atoms with Gasteiger partial charge in [-0.2, -0.15) is 0 Å². The van der Waals surface area contributed by atoms with Crippen LogP contribution in [0.1, 0.15) is 45.0 Å². The molecule has 126 valence electrons. The molecule has 1 aliphatic heterocycles. The minimum atomic E-state index is -0.477. The predicted molar refractivity (Wildman–Crippen MR) is 90.4 cm³/mol. The van der Waals surface area contributed by atoms with Crippen molar-refractivity contribution in [1.82, 2.24) is 4.90 Å². The number of carbonyl (C=O) groups excluding carboxylic acids is 2. The summed E-state index contributed by atoms with van der Waals surface area (Å²) in [5, 5.41) is 2.86. The van der Waals surface area contributed by atoms with E-state index < -0.39 is 5.41 Å². The van der Waals surface area contributed by atoms with Gasteiger partial charge >= 0.3 is 0 Å². The van der Waals surface area contributed by atoms with E-state index in [-0.39, 0.29) is 24.0 Å². The molecule has 0 aromatic heterocycles. The number of nitrogens with zero attached hydrogens (tertiary/aromatic N) is 1. The summed E-state index contributed by atoms with van der Waals surface area (Å²) in [5.41, 5.74) is 0.748. The number of hydrogen-bond donors (Lipinski definition) is 1. The van der Waals surface area contributed by atoms with Gasteiger partial charge in [-0.15, -0.1) is 0 Å². The Labute approximate surface area is 138 Å². The zero-order chi connectivity index (χ0) is 17.2. The quantitative estimate of drug-likeness (QED) is 0.912. The average molecular weight is 318 g/mol. The summed E-state index contributed by atoms with van der Waals surface area (Å²) in [4.78, 5) is 26.6. The number of amides is 2. The molecule has 0 unspecified atom stereocenters. The molecule has 2 atom stereocenters. The van der Waals surface area contributed by atoms with Gasteiger partial charge in [0.2, 0.25) is 5.91 Å². The summed E-state index contributed by atoms with van der Waals surface area (Å²) in [7, 11) is 0. The Balaban J connectivity index is 2.13. The van der Waals surface area contributed by atoms with E-state index in [1.807, 2.05) is 39.5 Å². The Morgan fingerprint density at radius 2 is 1.78 bits per heavy atom. The second-order valence-electron chi connectivity index (χ2n) is 7.25. The second kappa shape index (κ2) is 6.71. The molecule has 1 saturated heterocycles. The van der Waals surface area contributed by atoms with Gasteiger partial charge in [-0.05, 0) is 32.0 Å². The SMILES string of the molecule is C[C@@H]1CN(C(=O)c2cccc(NC(=O)C(C)(C)C)c2)C[C@@H](C)O1. The Kier molecular flexibility index (Phi) is 5.09. The minimum absolute atomic E-state index is 0.0288. The van der Waals surface area contributed by atoms with E-state index in [4.69, 9.17) is 4.74 Å². The smallest absolute Gasteiger partial charge is 0.254 e. The predicted octanol–water partition coefficient (Wildman–Crippen LogP) is 2.92. The van der Waals surface area contributed by atoms with Crippen LogP contribution in [0.3, 0.4) is 0 Å². The van der Waals surface area contributed by atoms with E-state index in [0.29, 0.717) is 24.3 Å². The molecule has 5 nitrogen and oxygen atoms in total. The summed E-state index contributed by atoms with van der Waals surface area (Å²) in [6.45, 7) is 10.7. The molecule has 0 bridgehead atoms. The molecule has 23 heavy (non-hydrogen) atoms. The van der Waals surface area contributed by atoms with Crippen molar-refractivity contribution < 1.29 is 14.3 Å². The van der Waals surface area contributed by atoms with Gasteiger partial charge in [0.15, 0.2) is 0 Å². The zero-order valence-corrected chi connectivity index (χ0v) is 14.6. The Bertz CT molecular complexity index is 582. The number of benzene rings is 1. The van der Waals surface area contributed by atoms with Crippen LogP contribution in [0.4, 0.5) is 5.69 Å². The highest BCUT2D eigenvalue weighted by Gasteiger charge is 2.27. The fourth-order valence-corrected chi connectivity index (χ4v) is 2.57. The van der Waals surface area contributed by atoms with Crippen molar-refractivity contribution in [2.24, 2.45) is 5.41 Å². The van der Waals surface area contributed by atoms with Crippen LogP contribution < -0.4 is 5.32 Å². The van der Waals surface area contributed by atoms with Gasteiger partial charge in [-0.1, -0.05) is 26.8 Å². The Morgan fingerprint density at radius 3 is 2.35 bits per heavy atom. The third-order valence-electron chi connectivity index (χ3n) is 3.76. The number of carbonyl (C=O) groups is 2. The maximum Gasteiger partial charge on any atom is 0.254 e. The van der Waals surface area contributed by atoms with Gasteiger partial charge in [0.25, 0.3) is 5.91 Å². The lowest BCUT2D eigenvalue weighted by molar-refractivity contribution is -0.123. The van der Waals surface area contributed by atoms with Crippen LogP contribution in [0, 0.1) is 5.41 Å². The van der Waals surface area contributed by atoms with Gasteiger partial charge in [-0.3, -0.25) is 9.59 Å². The zero-order valence-electron chi connectivity index (χ0n) is 14.6. The van der Waals surface area contributed by atoms with Crippen LogP contribution in [0.15, 0.2) is 24.3 Å². The van der Waals surface area contributed by atoms with Crippen LogP contribution in [-0.2, 0) is 9.53 Å². The van der Waals surface area contributed by atoms with Gasteiger partial charge < -0.3 is 15.0 Å². The summed E-state index contributed by atoms with van der Waals surface area (Å²) in [6, 6.07) is 7.10. The monoisotopic (exact) mass is 318 g/mol. The minimum Gasteiger partial charge on any atom is -0.372 e. The molecule has 1 heterocycles. The number of hydrogen-bond acceptors (Lipinski definition) is 3. The molecule has 0 saturated carbocycles. The molecule has 0 spiro atoms. The summed E-state index contributed by atoms with van der Waals surface area (Å²) < 4.78 is 5.67. The molecule has 5 heteroatoms. The Morgan fingerprint density at radius 1 is 1.17 bits per heavy atom. The highest BCUT2D eigenvalue weighted by atomic mass is 16.5. The van der Waals surface area contributed by atoms with E-state index in [1.54, 1.807) is 24.3 Å². The van der Waals surface area contributed by atoms with Crippen molar-refractivity contribution in [3.63, 3.8) is 0 Å². The third-order valence-corrected chi connectivity index (χ3v) is 3.76. The highest BCUT2D eigenvalue weighted by Crippen LogP contribution is 2.20. The number of anilines is 1. The Hall–Kier alpha value is -1.88. The molecule has 2 rings (SSSR count). The van der Waals surface area contributed by atoms with Crippen molar-refractivity contribution in [3.05, 3.63) is 29.8 Å². The van der Waals surface area contributed by atoms with Gasteiger partial charge in [0.05, 0.1) is 12.2 Å². The summed E-state index contributed by atoms with van der Waals surface area (Å²) in [6.07, 6.45) is 0.0675. The lowest BCUT2D eigenvalue weighted by Gasteiger charge is -2.35. The molecule has 1 N–H and O–H groups in total. The lowest BCUT2D eigenvalue weighted by atomic mass is 9.95. The topological polar surface area (TPSA) is 58.6 Å². The highest BCUT2D eigenvalue weighted by molar-refractivity contribution is 5.98. The third kappa shape index (κ3) is 4.55. The molecule has 0 radical (unpaired) electrons. The van der Waals surface area contributed by atoms with Crippen LogP contribution in [-0.4, -0.2) is 42.0 Å². The molecule has 1 aliphatic rings. The van der Waals surface area contributed by atoms with E-state index in [9.17, 15) is 9.59 Å². The van der Waals surface area contributed by atoms with Crippen molar-refractivity contribution in [2.75, 3.05) is 18.4 Å². The maximum absolute atomic E-state index is 12.7. The second-order valence-corrected chi connectivity index (χ2v) is 7.25. The maximum atomic E-state index is 12.7. The molecule has 1 aromatic carbocycles. The normalized spacial score (nSPS) is 21.9. The molecular weight excluding hydrogens is 292 g/mol. The van der Waals surface area contributed by atoms with Crippen LogP contribution >= 0.6 is 0 Å². The fraction of sp³-hybridized carbons (Fsp3) is 0.556. The first-order chi connectivity index (χ1) is 10.7. The van der Waals surface area contributed by atoms with Gasteiger partial charge in [0.1, 0.15) is 0 Å². The van der Waals surface area contributed by atoms with E-state index in [1.165, 1.54) is 0 Å². The molecule has 2 amide bonds. The van der Waals surface area contributed by atoms with Crippen molar-refractivity contribution in [3.8, 4) is 0 Å². The van der Waals surface area contributed by atoms with E-state index in [2.05, 4.69) is 5.32 Å². The van der Waals surface area contributed by atoms with Crippen LogP contribution in [0.5, 0.6) is 0 Å². The van der Waals surface area contributed by atoms with Crippen molar-refractivity contribution in [1.29, 1.82) is 0 Å². The van der Waals surface area contributed by atoms with Crippen molar-refractivity contribution >= 4 is 17.5 Å². The first-order valence-corrected chi connectivity index (χ1v) is 8.03. The van der Waals surface area contributed by atoms with Crippen LogP contribution in [0.25, 0.3) is 0 Å². The number of morpholine rings is 1.